The smallest absolute Gasteiger partial charge is 0.243 e. The van der Waals surface area contributed by atoms with Crippen molar-refractivity contribution in [3.63, 3.8) is 0 Å². The van der Waals surface area contributed by atoms with Crippen molar-refractivity contribution < 1.29 is 18.0 Å². The summed E-state index contributed by atoms with van der Waals surface area (Å²) >= 11 is 0. The number of amides is 1. The molecule has 0 aliphatic heterocycles. The fraction of sp³-hybridized carbons (Fsp3) is 0.263. The normalized spacial score (nSPS) is 11.4. The van der Waals surface area contributed by atoms with Gasteiger partial charge in [-0.25, -0.2) is 8.42 Å². The summed E-state index contributed by atoms with van der Waals surface area (Å²) in [6.07, 6.45) is 0. The molecule has 0 fully saturated rings. The van der Waals surface area contributed by atoms with Gasteiger partial charge in [0.1, 0.15) is 0 Å². The molecule has 7 heteroatoms. The molecule has 2 rings (SSSR count). The maximum Gasteiger partial charge on any atom is 0.243 e. The molecular weight excluding hydrogens is 352 g/mol. The topological polar surface area (TPSA) is 83.6 Å². The maximum absolute atomic E-state index is 12.6. The zero-order valence-corrected chi connectivity index (χ0v) is 16.1. The van der Waals surface area contributed by atoms with Crippen molar-refractivity contribution in [1.29, 1.82) is 0 Å². The predicted octanol–water partition coefficient (Wildman–Crippen LogP) is 2.77. The Kier molecular flexibility index (Phi) is 5.94. The Bertz CT molecular complexity index is 935. The molecule has 26 heavy (non-hydrogen) atoms. The van der Waals surface area contributed by atoms with E-state index in [1.165, 1.54) is 38.2 Å². The number of anilines is 1. The summed E-state index contributed by atoms with van der Waals surface area (Å²) < 4.78 is 26.1. The van der Waals surface area contributed by atoms with Crippen LogP contribution in [0.15, 0.2) is 47.4 Å². The molecule has 138 valence electrons. The SMILES string of the molecule is CC(=O)c1ccc(S(=O)(=O)N(C)CC(=O)Nc2ccc(C)c(C)c2)cc1. The van der Waals surface area contributed by atoms with Crippen LogP contribution in [0, 0.1) is 13.8 Å². The van der Waals surface area contributed by atoms with Crippen molar-refractivity contribution in [2.24, 2.45) is 0 Å². The van der Waals surface area contributed by atoms with E-state index in [9.17, 15) is 18.0 Å². The lowest BCUT2D eigenvalue weighted by Gasteiger charge is -2.17. The second-order valence-electron chi connectivity index (χ2n) is 6.19. The van der Waals surface area contributed by atoms with Crippen molar-refractivity contribution in [3.05, 3.63) is 59.2 Å². The first kappa shape index (κ1) is 19.8. The molecule has 6 nitrogen and oxygen atoms in total. The standard InChI is InChI=1S/C19H22N2O4S/c1-13-5-8-17(11-14(13)2)20-19(23)12-21(4)26(24,25)18-9-6-16(7-10-18)15(3)22/h5-11H,12H2,1-4H3,(H,20,23). The van der Waals surface area contributed by atoms with Gasteiger partial charge in [0, 0.05) is 18.3 Å². The highest BCUT2D eigenvalue weighted by atomic mass is 32.2. The van der Waals surface area contributed by atoms with Crippen LogP contribution in [0.4, 0.5) is 5.69 Å². The van der Waals surface area contributed by atoms with Crippen LogP contribution in [0.2, 0.25) is 0 Å². The number of carbonyl (C=O) groups excluding carboxylic acids is 2. The van der Waals surface area contributed by atoms with E-state index in [4.69, 9.17) is 0 Å². The minimum Gasteiger partial charge on any atom is -0.325 e. The van der Waals surface area contributed by atoms with E-state index in [2.05, 4.69) is 5.32 Å². The largest absolute Gasteiger partial charge is 0.325 e. The average Bonchev–Trinajstić information content (AvgIpc) is 2.58. The van der Waals surface area contributed by atoms with E-state index in [1.54, 1.807) is 6.07 Å². The minimum absolute atomic E-state index is 0.0315. The van der Waals surface area contributed by atoms with E-state index in [0.29, 0.717) is 11.3 Å². The first-order valence-corrected chi connectivity index (χ1v) is 9.49. The molecule has 0 unspecified atom stereocenters. The van der Waals surface area contributed by atoms with Gasteiger partial charge in [0.15, 0.2) is 5.78 Å². The van der Waals surface area contributed by atoms with Gasteiger partial charge >= 0.3 is 0 Å². The average molecular weight is 374 g/mol. The van der Waals surface area contributed by atoms with Crippen LogP contribution in [-0.2, 0) is 14.8 Å². The number of rotatable bonds is 6. The third-order valence-corrected chi connectivity index (χ3v) is 5.94. The Morgan fingerprint density at radius 1 is 1.00 bits per heavy atom. The second-order valence-corrected chi connectivity index (χ2v) is 8.23. The van der Waals surface area contributed by atoms with E-state index in [1.807, 2.05) is 26.0 Å². The number of carbonyl (C=O) groups is 2. The zero-order valence-electron chi connectivity index (χ0n) is 15.2. The van der Waals surface area contributed by atoms with Crippen molar-refractivity contribution in [3.8, 4) is 0 Å². The molecule has 0 saturated heterocycles. The van der Waals surface area contributed by atoms with Crippen LogP contribution in [0.5, 0.6) is 0 Å². The lowest BCUT2D eigenvalue weighted by atomic mass is 10.1. The molecule has 0 aromatic heterocycles. The number of nitrogens with zero attached hydrogens (tertiary/aromatic N) is 1. The van der Waals surface area contributed by atoms with Gasteiger partial charge in [-0.15, -0.1) is 0 Å². The molecular formula is C19H22N2O4S. The van der Waals surface area contributed by atoms with Gasteiger partial charge in [0.25, 0.3) is 0 Å². The highest BCUT2D eigenvalue weighted by molar-refractivity contribution is 7.89. The molecule has 0 radical (unpaired) electrons. The molecule has 0 bridgehead atoms. The van der Waals surface area contributed by atoms with Gasteiger partial charge in [-0.2, -0.15) is 4.31 Å². The summed E-state index contributed by atoms with van der Waals surface area (Å²) in [5.74, 6) is -0.574. The molecule has 0 heterocycles. The number of likely N-dealkylation sites (N-methyl/N-ethyl adjacent to an activating group) is 1. The Morgan fingerprint density at radius 2 is 1.62 bits per heavy atom. The Balaban J connectivity index is 2.09. The van der Waals surface area contributed by atoms with Gasteiger partial charge in [-0.3, -0.25) is 9.59 Å². The Labute approximate surface area is 153 Å². The Morgan fingerprint density at radius 3 is 2.15 bits per heavy atom. The second kappa shape index (κ2) is 7.80. The number of hydrogen-bond donors (Lipinski definition) is 1. The van der Waals surface area contributed by atoms with E-state index >= 15 is 0 Å². The molecule has 0 atom stereocenters. The van der Waals surface area contributed by atoms with Crippen molar-refractivity contribution in [1.82, 2.24) is 4.31 Å². The third kappa shape index (κ3) is 4.56. The molecule has 0 spiro atoms. The van der Waals surface area contributed by atoms with Crippen LogP contribution in [0.1, 0.15) is 28.4 Å². The molecule has 1 N–H and O–H groups in total. The van der Waals surface area contributed by atoms with Gasteiger partial charge in [-0.1, -0.05) is 18.2 Å². The van der Waals surface area contributed by atoms with Gasteiger partial charge < -0.3 is 5.32 Å². The number of nitrogens with one attached hydrogen (secondary N) is 1. The summed E-state index contributed by atoms with van der Waals surface area (Å²) in [5.41, 5.74) is 3.19. The fourth-order valence-corrected chi connectivity index (χ4v) is 3.48. The minimum atomic E-state index is -3.82. The summed E-state index contributed by atoms with van der Waals surface area (Å²) in [5, 5.41) is 2.70. The molecule has 0 aliphatic rings. The highest BCUT2D eigenvalue weighted by Crippen LogP contribution is 2.17. The summed E-state index contributed by atoms with van der Waals surface area (Å²) in [4.78, 5) is 23.5. The van der Waals surface area contributed by atoms with E-state index in [0.717, 1.165) is 15.4 Å². The predicted molar refractivity (Wildman–Crippen MR) is 101 cm³/mol. The first-order chi connectivity index (χ1) is 12.1. The number of sulfonamides is 1. The molecule has 2 aromatic carbocycles. The zero-order chi connectivity index (χ0) is 19.5. The number of hydrogen-bond acceptors (Lipinski definition) is 4. The van der Waals surface area contributed by atoms with Crippen LogP contribution >= 0.6 is 0 Å². The van der Waals surface area contributed by atoms with Crippen LogP contribution < -0.4 is 5.32 Å². The molecule has 0 saturated carbocycles. The highest BCUT2D eigenvalue weighted by Gasteiger charge is 2.23. The number of aryl methyl sites for hydroxylation is 2. The fourth-order valence-electron chi connectivity index (χ4n) is 2.35. The quantitative estimate of drug-likeness (QED) is 0.788. The van der Waals surface area contributed by atoms with E-state index in [-0.39, 0.29) is 17.2 Å². The molecule has 1 amide bonds. The molecule has 0 aliphatic carbocycles. The number of benzene rings is 2. The Hall–Kier alpha value is -2.51. The van der Waals surface area contributed by atoms with Gasteiger partial charge in [-0.05, 0) is 56.2 Å². The summed E-state index contributed by atoms with van der Waals surface area (Å²) in [7, 11) is -2.48. The van der Waals surface area contributed by atoms with E-state index < -0.39 is 15.9 Å². The van der Waals surface area contributed by atoms with Crippen LogP contribution in [-0.4, -0.2) is 38.0 Å². The monoisotopic (exact) mass is 374 g/mol. The maximum atomic E-state index is 12.6. The van der Waals surface area contributed by atoms with Gasteiger partial charge in [0.05, 0.1) is 11.4 Å². The summed E-state index contributed by atoms with van der Waals surface area (Å²) in [6.45, 7) is 5.00. The summed E-state index contributed by atoms with van der Waals surface area (Å²) in [6, 6.07) is 11.1. The number of Topliss-reactive ketones (excluding diaryl/α,β-unsaturated/α-hetero) is 1. The lowest BCUT2D eigenvalue weighted by molar-refractivity contribution is -0.116. The van der Waals surface area contributed by atoms with Crippen molar-refractivity contribution in [2.75, 3.05) is 18.9 Å². The van der Waals surface area contributed by atoms with Crippen molar-refractivity contribution >= 4 is 27.4 Å². The van der Waals surface area contributed by atoms with Crippen LogP contribution in [0.3, 0.4) is 0 Å². The van der Waals surface area contributed by atoms with Gasteiger partial charge in [0.2, 0.25) is 15.9 Å². The van der Waals surface area contributed by atoms with Crippen LogP contribution in [0.25, 0.3) is 0 Å². The third-order valence-electron chi connectivity index (χ3n) is 4.13. The molecule has 2 aromatic rings. The number of ketones is 1. The first-order valence-electron chi connectivity index (χ1n) is 8.05. The van der Waals surface area contributed by atoms with Crippen molar-refractivity contribution in [2.45, 2.75) is 25.7 Å². The lowest BCUT2D eigenvalue weighted by Crippen LogP contribution is -2.35.